The van der Waals surface area contributed by atoms with Gasteiger partial charge in [-0.2, -0.15) is 5.26 Å². The number of anilines is 1. The van der Waals surface area contributed by atoms with Crippen LogP contribution in [0.2, 0.25) is 0 Å². The van der Waals surface area contributed by atoms with Crippen LogP contribution in [0.15, 0.2) is 24.3 Å². The second-order valence-corrected chi connectivity index (χ2v) is 6.76. The van der Waals surface area contributed by atoms with Crippen LogP contribution < -0.4 is 5.32 Å². The van der Waals surface area contributed by atoms with Gasteiger partial charge in [-0.25, -0.2) is 8.42 Å². The van der Waals surface area contributed by atoms with E-state index in [0.29, 0.717) is 17.7 Å². The monoisotopic (exact) mass is 294 g/mol. The average molecular weight is 294 g/mol. The van der Waals surface area contributed by atoms with E-state index in [9.17, 15) is 13.2 Å². The van der Waals surface area contributed by atoms with Crippen molar-refractivity contribution in [1.82, 2.24) is 0 Å². The number of unbranched alkanes of at least 4 members (excludes halogenated alkanes) is 1. The number of hydrogen-bond acceptors (Lipinski definition) is 4. The van der Waals surface area contributed by atoms with Crippen LogP contribution in [-0.4, -0.2) is 25.8 Å². The first-order valence-electron chi connectivity index (χ1n) is 6.48. The molecule has 0 atom stereocenters. The first-order valence-corrected chi connectivity index (χ1v) is 8.30. The van der Waals surface area contributed by atoms with E-state index in [4.69, 9.17) is 5.26 Å². The molecule has 0 radical (unpaired) electrons. The summed E-state index contributed by atoms with van der Waals surface area (Å²) >= 11 is 0. The number of nitrogens with zero attached hydrogens (tertiary/aromatic N) is 1. The van der Waals surface area contributed by atoms with Crippen molar-refractivity contribution in [3.05, 3.63) is 29.8 Å². The van der Waals surface area contributed by atoms with E-state index in [-0.39, 0.29) is 17.9 Å². The number of amides is 1. The summed E-state index contributed by atoms with van der Waals surface area (Å²) in [5.41, 5.74) is 0.764. The van der Waals surface area contributed by atoms with E-state index < -0.39 is 15.7 Å². The fraction of sp³-hybridized carbons (Fsp3) is 0.429. The quantitative estimate of drug-likeness (QED) is 0.834. The smallest absolute Gasteiger partial charge is 0.225 e. The molecule has 5 nitrogen and oxygen atoms in total. The molecule has 20 heavy (non-hydrogen) atoms. The van der Waals surface area contributed by atoms with Gasteiger partial charge in [-0.3, -0.25) is 4.79 Å². The number of nitriles is 1. The maximum Gasteiger partial charge on any atom is 0.225 e. The second kappa shape index (κ2) is 7.65. The third-order valence-corrected chi connectivity index (χ3v) is 4.51. The van der Waals surface area contributed by atoms with Gasteiger partial charge in [0.2, 0.25) is 5.91 Å². The molecule has 6 heteroatoms. The van der Waals surface area contributed by atoms with Crippen LogP contribution in [0.5, 0.6) is 0 Å². The van der Waals surface area contributed by atoms with E-state index in [1.54, 1.807) is 24.3 Å². The molecule has 1 aromatic rings. The van der Waals surface area contributed by atoms with Gasteiger partial charge in [0.1, 0.15) is 6.07 Å². The summed E-state index contributed by atoms with van der Waals surface area (Å²) in [4.78, 5) is 11.7. The fourth-order valence-electron chi connectivity index (χ4n) is 1.62. The standard InChI is InChI=1S/C14H18N2O3S/c1-2-3-9-20(18,19)10-8-14(17)16-13-7-5-4-6-12(13)11-15/h4-7H,2-3,8-10H2,1H3,(H,16,17). The predicted molar refractivity (Wildman–Crippen MR) is 78.0 cm³/mol. The van der Waals surface area contributed by atoms with E-state index in [2.05, 4.69) is 5.32 Å². The van der Waals surface area contributed by atoms with Gasteiger partial charge in [-0.1, -0.05) is 25.5 Å². The Morgan fingerprint density at radius 3 is 2.65 bits per heavy atom. The summed E-state index contributed by atoms with van der Waals surface area (Å²) in [6, 6.07) is 8.57. The lowest BCUT2D eigenvalue weighted by molar-refractivity contribution is -0.115. The minimum absolute atomic E-state index is 0.0915. The fourth-order valence-corrected chi connectivity index (χ4v) is 3.05. The van der Waals surface area contributed by atoms with Gasteiger partial charge < -0.3 is 5.32 Å². The van der Waals surface area contributed by atoms with Crippen LogP contribution in [0.1, 0.15) is 31.7 Å². The molecular formula is C14H18N2O3S. The zero-order valence-corrected chi connectivity index (χ0v) is 12.2. The van der Waals surface area contributed by atoms with E-state index in [1.807, 2.05) is 13.0 Å². The zero-order chi connectivity index (χ0) is 15.0. The summed E-state index contributed by atoms with van der Waals surface area (Å²) in [6.45, 7) is 1.92. The maximum absolute atomic E-state index is 11.7. The van der Waals surface area contributed by atoms with Gasteiger partial charge in [-0.15, -0.1) is 0 Å². The maximum atomic E-state index is 11.7. The highest BCUT2D eigenvalue weighted by molar-refractivity contribution is 7.91. The molecule has 0 heterocycles. The summed E-state index contributed by atoms with van der Waals surface area (Å²) < 4.78 is 23.3. The molecule has 1 N–H and O–H groups in total. The highest BCUT2D eigenvalue weighted by Gasteiger charge is 2.13. The molecule has 0 aliphatic carbocycles. The Labute approximate surface area is 119 Å². The molecule has 0 fully saturated rings. The molecule has 108 valence electrons. The van der Waals surface area contributed by atoms with Gasteiger partial charge in [0.05, 0.1) is 22.8 Å². The molecule has 0 aliphatic heterocycles. The number of sulfone groups is 1. The van der Waals surface area contributed by atoms with Crippen LogP contribution in [0.4, 0.5) is 5.69 Å². The molecule has 0 aliphatic rings. The number of nitrogens with one attached hydrogen (secondary N) is 1. The third kappa shape index (κ3) is 5.41. The Hall–Kier alpha value is -1.87. The van der Waals surface area contributed by atoms with Crippen LogP contribution in [0, 0.1) is 11.3 Å². The summed E-state index contributed by atoms with van der Waals surface area (Å²) in [5.74, 6) is -0.438. The molecule has 0 saturated heterocycles. The van der Waals surface area contributed by atoms with Gasteiger partial charge >= 0.3 is 0 Å². The lowest BCUT2D eigenvalue weighted by atomic mass is 10.2. The second-order valence-electron chi connectivity index (χ2n) is 4.46. The van der Waals surface area contributed by atoms with Crippen LogP contribution in [0.25, 0.3) is 0 Å². The molecule has 0 aromatic heterocycles. The van der Waals surface area contributed by atoms with Crippen molar-refractivity contribution < 1.29 is 13.2 Å². The molecule has 0 bridgehead atoms. The van der Waals surface area contributed by atoms with Gasteiger partial charge in [0, 0.05) is 6.42 Å². The largest absolute Gasteiger partial charge is 0.325 e. The number of para-hydroxylation sites is 1. The molecular weight excluding hydrogens is 276 g/mol. The van der Waals surface area contributed by atoms with E-state index in [0.717, 1.165) is 6.42 Å². The Kier molecular flexibility index (Phi) is 6.19. The number of carbonyl (C=O) groups is 1. The lowest BCUT2D eigenvalue weighted by Crippen LogP contribution is -2.19. The normalized spacial score (nSPS) is 10.8. The number of benzene rings is 1. The first kappa shape index (κ1) is 16.2. The minimum Gasteiger partial charge on any atom is -0.325 e. The molecule has 0 unspecified atom stereocenters. The van der Waals surface area contributed by atoms with Crippen molar-refractivity contribution in [3.8, 4) is 6.07 Å². The predicted octanol–water partition coefficient (Wildman–Crippen LogP) is 2.10. The highest BCUT2D eigenvalue weighted by atomic mass is 32.2. The zero-order valence-electron chi connectivity index (χ0n) is 11.4. The van der Waals surface area contributed by atoms with Gasteiger partial charge in [0.25, 0.3) is 0 Å². The SMILES string of the molecule is CCCCS(=O)(=O)CCC(=O)Nc1ccccc1C#N. The van der Waals surface area contributed by atoms with Gasteiger partial charge in [-0.05, 0) is 18.6 Å². The van der Waals surface area contributed by atoms with Crippen molar-refractivity contribution in [2.75, 3.05) is 16.8 Å². The minimum atomic E-state index is -3.17. The Balaban J connectivity index is 2.55. The molecule has 1 amide bonds. The third-order valence-electron chi connectivity index (χ3n) is 2.77. The van der Waals surface area contributed by atoms with Crippen molar-refractivity contribution in [2.24, 2.45) is 0 Å². The van der Waals surface area contributed by atoms with E-state index >= 15 is 0 Å². The van der Waals surface area contributed by atoms with Gasteiger partial charge in [0.15, 0.2) is 9.84 Å². The molecule has 1 aromatic carbocycles. The Bertz CT molecular complexity index is 603. The average Bonchev–Trinajstić information content (AvgIpc) is 2.44. The summed E-state index contributed by atoms with van der Waals surface area (Å²) in [5, 5.41) is 11.5. The van der Waals surface area contributed by atoms with Crippen LogP contribution in [0.3, 0.4) is 0 Å². The molecule has 1 rings (SSSR count). The highest BCUT2D eigenvalue weighted by Crippen LogP contribution is 2.13. The van der Waals surface area contributed by atoms with E-state index in [1.165, 1.54) is 0 Å². The lowest BCUT2D eigenvalue weighted by Gasteiger charge is -2.07. The van der Waals surface area contributed by atoms with Crippen LogP contribution in [-0.2, 0) is 14.6 Å². The number of hydrogen-bond donors (Lipinski definition) is 1. The number of carbonyl (C=O) groups excluding carboxylic acids is 1. The first-order chi connectivity index (χ1) is 9.48. The van der Waals surface area contributed by atoms with Crippen molar-refractivity contribution >= 4 is 21.4 Å². The summed E-state index contributed by atoms with van der Waals surface area (Å²) in [7, 11) is -3.17. The van der Waals surface area contributed by atoms with Crippen molar-refractivity contribution in [1.29, 1.82) is 5.26 Å². The topological polar surface area (TPSA) is 87.0 Å². The number of rotatable bonds is 7. The van der Waals surface area contributed by atoms with Crippen molar-refractivity contribution in [2.45, 2.75) is 26.2 Å². The Morgan fingerprint density at radius 2 is 2.00 bits per heavy atom. The van der Waals surface area contributed by atoms with Crippen molar-refractivity contribution in [3.63, 3.8) is 0 Å². The molecule has 0 saturated carbocycles. The molecule has 0 spiro atoms. The Morgan fingerprint density at radius 1 is 1.30 bits per heavy atom. The van der Waals surface area contributed by atoms with Crippen LogP contribution >= 0.6 is 0 Å². The summed E-state index contributed by atoms with van der Waals surface area (Å²) in [6.07, 6.45) is 1.33.